The molecular weight excluding hydrogens is 649 g/mol. The molecule has 4 aromatic carbocycles. The first kappa shape index (κ1) is 40.5. The first-order valence-corrected chi connectivity index (χ1v) is 21.0. The van der Waals surface area contributed by atoms with Gasteiger partial charge in [0.1, 0.15) is 11.4 Å². The second-order valence-corrected chi connectivity index (χ2v) is 20.4. The average molecular weight is 711 g/mol. The van der Waals surface area contributed by atoms with Crippen molar-refractivity contribution in [2.45, 2.75) is 103 Å². The SMILES string of the molecule is COc1ccc(CO[C@@H](CCO)[C@H](C)[C@H](O[Si](C(C)C)(C(C)C)C(C)C)[C@H](C)COC(c2ccccc2)(c2ccccc2)c2ccccc2)cc1. The van der Waals surface area contributed by atoms with E-state index in [-0.39, 0.29) is 30.7 Å². The summed E-state index contributed by atoms with van der Waals surface area (Å²) in [6.45, 7) is 19.5. The van der Waals surface area contributed by atoms with Crippen molar-refractivity contribution in [3.63, 3.8) is 0 Å². The van der Waals surface area contributed by atoms with Gasteiger partial charge in [0.05, 0.1) is 32.5 Å². The van der Waals surface area contributed by atoms with Crippen LogP contribution in [0.1, 0.15) is 84.1 Å². The molecule has 0 bridgehead atoms. The van der Waals surface area contributed by atoms with E-state index < -0.39 is 13.9 Å². The molecule has 6 heteroatoms. The van der Waals surface area contributed by atoms with Gasteiger partial charge < -0.3 is 23.7 Å². The maximum absolute atomic E-state index is 10.3. The fourth-order valence-corrected chi connectivity index (χ4v) is 14.0. The molecule has 5 nitrogen and oxygen atoms in total. The maximum atomic E-state index is 10.3. The van der Waals surface area contributed by atoms with Crippen molar-refractivity contribution in [3.05, 3.63) is 138 Å². The standard InChI is InChI=1S/C45H62O5Si/c1-33(2)51(34(3)4,35(5)6)50-44(37(8)43(29-30-46)48-32-38-25-27-42(47-9)28-26-38)36(7)31-49-45(39-19-13-10-14-20-39,40-21-15-11-16-22-40)41-23-17-12-18-24-41/h10-28,33-37,43-44,46H,29-32H2,1-9H3/t36-,37+,43+,44-/m1/s1. The first-order chi connectivity index (χ1) is 24.5. The molecule has 0 aliphatic heterocycles. The van der Waals surface area contributed by atoms with Crippen LogP contribution in [0, 0.1) is 11.8 Å². The Balaban J connectivity index is 1.76. The van der Waals surface area contributed by atoms with Crippen molar-refractivity contribution in [1.82, 2.24) is 0 Å². The summed E-state index contributed by atoms with van der Waals surface area (Å²) in [7, 11) is -0.662. The number of aliphatic hydroxyl groups is 1. The zero-order valence-corrected chi connectivity index (χ0v) is 33.4. The van der Waals surface area contributed by atoms with E-state index in [1.807, 2.05) is 24.3 Å². The molecule has 0 radical (unpaired) electrons. The van der Waals surface area contributed by atoms with Gasteiger partial charge in [0, 0.05) is 18.4 Å². The lowest BCUT2D eigenvalue weighted by Crippen LogP contribution is -2.54. The van der Waals surface area contributed by atoms with Gasteiger partial charge >= 0.3 is 0 Å². The van der Waals surface area contributed by atoms with Crippen LogP contribution in [0.3, 0.4) is 0 Å². The maximum Gasteiger partial charge on any atom is 0.200 e. The highest BCUT2D eigenvalue weighted by atomic mass is 28.4. The Hall–Kier alpha value is -3.26. The van der Waals surface area contributed by atoms with Crippen molar-refractivity contribution in [1.29, 1.82) is 0 Å². The lowest BCUT2D eigenvalue weighted by atomic mass is 9.79. The number of hydrogen-bond donors (Lipinski definition) is 1. The molecule has 276 valence electrons. The number of benzene rings is 4. The third-order valence-corrected chi connectivity index (χ3v) is 16.9. The molecule has 0 heterocycles. The molecular formula is C45H62O5Si. The van der Waals surface area contributed by atoms with E-state index in [0.717, 1.165) is 28.0 Å². The molecule has 0 saturated heterocycles. The highest BCUT2D eigenvalue weighted by Crippen LogP contribution is 2.46. The van der Waals surface area contributed by atoms with Crippen molar-refractivity contribution < 1.29 is 23.7 Å². The van der Waals surface area contributed by atoms with Crippen LogP contribution in [0.15, 0.2) is 115 Å². The highest BCUT2D eigenvalue weighted by molar-refractivity contribution is 6.77. The van der Waals surface area contributed by atoms with Gasteiger partial charge in [-0.3, -0.25) is 0 Å². The fourth-order valence-electron chi connectivity index (χ4n) is 8.27. The molecule has 4 atom stereocenters. The van der Waals surface area contributed by atoms with Gasteiger partial charge in [-0.2, -0.15) is 0 Å². The summed E-state index contributed by atoms with van der Waals surface area (Å²) in [5.41, 5.74) is 4.71. The van der Waals surface area contributed by atoms with Crippen molar-refractivity contribution in [2.24, 2.45) is 11.8 Å². The third-order valence-electron chi connectivity index (χ3n) is 10.9. The second kappa shape index (κ2) is 19.0. The molecule has 51 heavy (non-hydrogen) atoms. The topological polar surface area (TPSA) is 57.2 Å². The van der Waals surface area contributed by atoms with Gasteiger partial charge in [-0.1, -0.05) is 159 Å². The Bertz CT molecular complexity index is 1420. The average Bonchev–Trinajstić information content (AvgIpc) is 3.14. The molecule has 0 aromatic heterocycles. The van der Waals surface area contributed by atoms with E-state index in [2.05, 4.69) is 146 Å². The summed E-state index contributed by atoms with van der Waals surface area (Å²) in [6, 6.07) is 39.7. The van der Waals surface area contributed by atoms with E-state index in [0.29, 0.717) is 36.3 Å². The molecule has 0 aliphatic rings. The normalized spacial score (nSPS) is 14.8. The molecule has 0 unspecified atom stereocenters. The number of rotatable bonds is 20. The second-order valence-electron chi connectivity index (χ2n) is 15.0. The smallest absolute Gasteiger partial charge is 0.200 e. The minimum absolute atomic E-state index is 0.00409. The molecule has 1 N–H and O–H groups in total. The Labute approximate surface area is 309 Å². The lowest BCUT2D eigenvalue weighted by molar-refractivity contribution is -0.0817. The van der Waals surface area contributed by atoms with Crippen LogP contribution < -0.4 is 4.74 Å². The first-order valence-electron chi connectivity index (χ1n) is 18.8. The van der Waals surface area contributed by atoms with Crippen LogP contribution in [0.4, 0.5) is 0 Å². The van der Waals surface area contributed by atoms with Gasteiger partial charge in [-0.15, -0.1) is 0 Å². The monoisotopic (exact) mass is 710 g/mol. The Morgan fingerprint density at radius 3 is 1.47 bits per heavy atom. The molecule has 4 rings (SSSR count). The van der Waals surface area contributed by atoms with E-state index in [1.54, 1.807) is 7.11 Å². The molecule has 4 aromatic rings. The fraction of sp³-hybridized carbons (Fsp3) is 0.467. The van der Waals surface area contributed by atoms with E-state index >= 15 is 0 Å². The number of aliphatic hydroxyl groups excluding tert-OH is 1. The highest BCUT2D eigenvalue weighted by Gasteiger charge is 2.49. The number of hydrogen-bond acceptors (Lipinski definition) is 5. The molecule has 0 amide bonds. The minimum Gasteiger partial charge on any atom is -0.497 e. The molecule has 0 fully saturated rings. The van der Waals surface area contributed by atoms with Crippen molar-refractivity contribution >= 4 is 8.32 Å². The Morgan fingerprint density at radius 1 is 0.627 bits per heavy atom. The number of ether oxygens (including phenoxy) is 3. The molecule has 0 saturated carbocycles. The molecule has 0 spiro atoms. The van der Waals surface area contributed by atoms with Crippen LogP contribution in [0.25, 0.3) is 0 Å². The Morgan fingerprint density at radius 2 is 1.08 bits per heavy atom. The van der Waals surface area contributed by atoms with Crippen LogP contribution >= 0.6 is 0 Å². The number of methoxy groups -OCH3 is 1. The predicted octanol–water partition coefficient (Wildman–Crippen LogP) is 10.8. The summed E-state index contributed by atoms with van der Waals surface area (Å²) in [5.74, 6) is 0.803. The van der Waals surface area contributed by atoms with Crippen molar-refractivity contribution in [3.8, 4) is 5.75 Å². The summed E-state index contributed by atoms with van der Waals surface area (Å²) >= 11 is 0. The van der Waals surface area contributed by atoms with Gasteiger partial charge in [0.25, 0.3) is 0 Å². The lowest BCUT2D eigenvalue weighted by Gasteiger charge is -2.48. The zero-order valence-electron chi connectivity index (χ0n) is 32.4. The van der Waals surface area contributed by atoms with E-state index in [9.17, 15) is 5.11 Å². The van der Waals surface area contributed by atoms with Gasteiger partial charge in [0.15, 0.2) is 0 Å². The van der Waals surface area contributed by atoms with Gasteiger partial charge in [0.2, 0.25) is 8.32 Å². The Kier molecular flexibility index (Phi) is 15.1. The minimum atomic E-state index is -2.34. The van der Waals surface area contributed by atoms with Crippen molar-refractivity contribution in [2.75, 3.05) is 20.3 Å². The zero-order chi connectivity index (χ0) is 37.0. The van der Waals surface area contributed by atoms with Gasteiger partial charge in [-0.05, 0) is 57.4 Å². The van der Waals surface area contributed by atoms with Crippen LogP contribution in [-0.4, -0.2) is 46.0 Å². The summed E-state index contributed by atoms with van der Waals surface area (Å²) in [5, 5.41) is 10.3. The largest absolute Gasteiger partial charge is 0.497 e. The van der Waals surface area contributed by atoms with Crippen LogP contribution in [-0.2, 0) is 26.1 Å². The predicted molar refractivity (Wildman–Crippen MR) is 213 cm³/mol. The van der Waals surface area contributed by atoms with Crippen LogP contribution in [0.2, 0.25) is 16.6 Å². The quantitative estimate of drug-likeness (QED) is 0.0731. The summed E-state index contributed by atoms with van der Waals surface area (Å²) in [6.07, 6.45) is 0.132. The third kappa shape index (κ3) is 9.40. The van der Waals surface area contributed by atoms with E-state index in [1.165, 1.54) is 0 Å². The molecule has 0 aliphatic carbocycles. The van der Waals surface area contributed by atoms with E-state index in [4.69, 9.17) is 18.6 Å². The van der Waals surface area contributed by atoms with Gasteiger partial charge in [-0.25, -0.2) is 0 Å². The summed E-state index contributed by atoms with van der Waals surface area (Å²) in [4.78, 5) is 0. The summed E-state index contributed by atoms with van der Waals surface area (Å²) < 4.78 is 27.2. The van der Waals surface area contributed by atoms with Crippen LogP contribution in [0.5, 0.6) is 5.75 Å².